The van der Waals surface area contributed by atoms with Crippen molar-refractivity contribution in [1.82, 2.24) is 0 Å². The minimum absolute atomic E-state index is 0.0849. The maximum atomic E-state index is 13.1. The zero-order valence-corrected chi connectivity index (χ0v) is 13.0. The molecule has 0 radical (unpaired) electrons. The number of halogens is 3. The summed E-state index contributed by atoms with van der Waals surface area (Å²) in [4.78, 5) is 5.31. The zero-order chi connectivity index (χ0) is 16.2. The van der Waals surface area contributed by atoms with Crippen LogP contribution in [0.4, 0.5) is 13.2 Å². The lowest BCUT2D eigenvalue weighted by Crippen LogP contribution is -2.14. The van der Waals surface area contributed by atoms with Crippen molar-refractivity contribution in [2.75, 3.05) is 6.61 Å². The van der Waals surface area contributed by atoms with Crippen LogP contribution in [0.25, 0.3) is 0 Å². The molecule has 0 spiro atoms. The number of alkyl halides is 3. The molecule has 0 heterocycles. The fraction of sp³-hybridized carbons (Fsp3) is 0.588. The van der Waals surface area contributed by atoms with Gasteiger partial charge in [0.15, 0.2) is 0 Å². The van der Waals surface area contributed by atoms with Crippen LogP contribution in [0, 0.1) is 12.8 Å². The highest BCUT2D eigenvalue weighted by molar-refractivity contribution is 5.99. The Kier molecular flexibility index (Phi) is 5.48. The molecule has 0 aliphatic heterocycles. The highest BCUT2D eigenvalue weighted by Crippen LogP contribution is 2.33. The molecule has 0 aromatic heterocycles. The normalized spacial score (nSPS) is 17.6. The van der Waals surface area contributed by atoms with Gasteiger partial charge < -0.3 is 4.84 Å². The Morgan fingerprint density at radius 1 is 1.23 bits per heavy atom. The maximum Gasteiger partial charge on any atom is 0.417 e. The second-order valence-electron chi connectivity index (χ2n) is 6.02. The van der Waals surface area contributed by atoms with Crippen LogP contribution in [0.15, 0.2) is 23.4 Å². The van der Waals surface area contributed by atoms with E-state index in [-0.39, 0.29) is 11.3 Å². The Bertz CT molecular complexity index is 531. The van der Waals surface area contributed by atoms with Gasteiger partial charge in [-0.15, -0.1) is 0 Å². The molecule has 0 atom stereocenters. The third-order valence-corrected chi connectivity index (χ3v) is 4.11. The smallest absolute Gasteiger partial charge is 0.395 e. The van der Waals surface area contributed by atoms with Crippen molar-refractivity contribution in [1.29, 1.82) is 0 Å². The molecule has 1 aromatic rings. The number of hydrogen-bond acceptors (Lipinski definition) is 2. The van der Waals surface area contributed by atoms with Crippen LogP contribution < -0.4 is 0 Å². The molecule has 2 rings (SSSR count). The van der Waals surface area contributed by atoms with Gasteiger partial charge >= 0.3 is 6.18 Å². The third-order valence-electron chi connectivity index (χ3n) is 4.11. The van der Waals surface area contributed by atoms with Crippen molar-refractivity contribution >= 4 is 5.71 Å². The largest absolute Gasteiger partial charge is 0.417 e. The van der Waals surface area contributed by atoms with Gasteiger partial charge in [0.2, 0.25) is 0 Å². The van der Waals surface area contributed by atoms with E-state index < -0.39 is 11.7 Å². The molecular formula is C17H22F3NO. The van der Waals surface area contributed by atoms with E-state index in [1.165, 1.54) is 25.3 Å². The predicted molar refractivity (Wildman–Crippen MR) is 80.9 cm³/mol. The van der Waals surface area contributed by atoms with Gasteiger partial charge in [-0.3, -0.25) is 0 Å². The summed E-state index contributed by atoms with van der Waals surface area (Å²) in [5.41, 5.74) is 0.270. The molecule has 0 saturated heterocycles. The summed E-state index contributed by atoms with van der Waals surface area (Å²) in [5.74, 6) is 0.477. The van der Waals surface area contributed by atoms with Crippen molar-refractivity contribution in [2.45, 2.75) is 52.1 Å². The first-order chi connectivity index (χ1) is 10.4. The topological polar surface area (TPSA) is 21.6 Å². The summed E-state index contributed by atoms with van der Waals surface area (Å²) in [6, 6.07) is 4.27. The van der Waals surface area contributed by atoms with Crippen LogP contribution in [0.1, 0.15) is 55.7 Å². The monoisotopic (exact) mass is 313 g/mol. The lowest BCUT2D eigenvalue weighted by Gasteiger charge is -2.20. The van der Waals surface area contributed by atoms with Crippen LogP contribution in [0.2, 0.25) is 0 Å². The Morgan fingerprint density at radius 2 is 1.91 bits per heavy atom. The minimum Gasteiger partial charge on any atom is -0.395 e. The summed E-state index contributed by atoms with van der Waals surface area (Å²) in [6.07, 6.45) is 1.51. The van der Waals surface area contributed by atoms with Gasteiger partial charge in [0.05, 0.1) is 11.3 Å². The number of hydrogen-bond donors (Lipinski definition) is 0. The van der Waals surface area contributed by atoms with E-state index in [0.717, 1.165) is 18.9 Å². The molecule has 0 bridgehead atoms. The maximum absolute atomic E-state index is 13.1. The lowest BCUT2D eigenvalue weighted by atomic mass is 9.90. The van der Waals surface area contributed by atoms with E-state index in [1.807, 2.05) is 0 Å². The van der Waals surface area contributed by atoms with Gasteiger partial charge in [-0.25, -0.2) is 0 Å². The van der Waals surface area contributed by atoms with Gasteiger partial charge in [0.25, 0.3) is 0 Å². The van der Waals surface area contributed by atoms with Crippen molar-refractivity contribution in [2.24, 2.45) is 11.1 Å². The lowest BCUT2D eigenvalue weighted by molar-refractivity contribution is -0.137. The average molecular weight is 313 g/mol. The van der Waals surface area contributed by atoms with Crippen LogP contribution in [-0.4, -0.2) is 12.3 Å². The van der Waals surface area contributed by atoms with Crippen molar-refractivity contribution in [3.8, 4) is 0 Å². The van der Waals surface area contributed by atoms with Crippen LogP contribution in [0.3, 0.4) is 0 Å². The van der Waals surface area contributed by atoms with E-state index in [0.29, 0.717) is 18.1 Å². The molecule has 22 heavy (non-hydrogen) atoms. The molecular weight excluding hydrogens is 291 g/mol. The van der Waals surface area contributed by atoms with Gasteiger partial charge in [-0.1, -0.05) is 42.1 Å². The minimum atomic E-state index is -4.39. The SMILES string of the molecule is C/C(=N/OCC1CCCCC1)c1ccc(C)cc1C(F)(F)F. The number of benzene rings is 1. The summed E-state index contributed by atoms with van der Waals surface area (Å²) in [5, 5.41) is 3.91. The summed E-state index contributed by atoms with van der Waals surface area (Å²) in [7, 11) is 0. The van der Waals surface area contributed by atoms with E-state index in [2.05, 4.69) is 5.16 Å². The zero-order valence-electron chi connectivity index (χ0n) is 13.0. The van der Waals surface area contributed by atoms with Crippen LogP contribution in [0.5, 0.6) is 0 Å². The Balaban J connectivity index is 2.08. The molecule has 2 nitrogen and oxygen atoms in total. The molecule has 1 aliphatic rings. The van der Waals surface area contributed by atoms with Crippen molar-refractivity contribution < 1.29 is 18.0 Å². The fourth-order valence-electron chi connectivity index (χ4n) is 2.85. The molecule has 1 saturated carbocycles. The highest BCUT2D eigenvalue weighted by Gasteiger charge is 2.34. The number of nitrogens with zero attached hydrogens (tertiary/aromatic N) is 1. The summed E-state index contributed by atoms with van der Waals surface area (Å²) >= 11 is 0. The van der Waals surface area contributed by atoms with Gasteiger partial charge in [0, 0.05) is 5.56 Å². The molecule has 0 N–H and O–H groups in total. The van der Waals surface area contributed by atoms with Crippen molar-refractivity contribution in [3.05, 3.63) is 34.9 Å². The highest BCUT2D eigenvalue weighted by atomic mass is 19.4. The second kappa shape index (κ2) is 7.16. The predicted octanol–water partition coefficient (Wildman–Crippen LogP) is 5.33. The second-order valence-corrected chi connectivity index (χ2v) is 6.02. The standard InChI is InChI=1S/C17H22F3NO/c1-12-8-9-15(16(10-12)17(18,19)20)13(2)21-22-11-14-6-4-3-5-7-14/h8-10,14H,3-7,11H2,1-2H3/b21-13-. The molecule has 5 heteroatoms. The van der Waals surface area contributed by atoms with Crippen molar-refractivity contribution in [3.63, 3.8) is 0 Å². The van der Waals surface area contributed by atoms with Gasteiger partial charge in [0.1, 0.15) is 6.61 Å². The van der Waals surface area contributed by atoms with E-state index in [4.69, 9.17) is 4.84 Å². The van der Waals surface area contributed by atoms with Gasteiger partial charge in [-0.2, -0.15) is 13.2 Å². The third kappa shape index (κ3) is 4.49. The molecule has 1 fully saturated rings. The molecule has 1 aliphatic carbocycles. The molecule has 0 amide bonds. The molecule has 122 valence electrons. The first-order valence-corrected chi connectivity index (χ1v) is 7.72. The number of oxime groups is 1. The molecule has 0 unspecified atom stereocenters. The fourth-order valence-corrected chi connectivity index (χ4v) is 2.85. The summed E-state index contributed by atoms with van der Waals surface area (Å²) in [6.45, 7) is 3.69. The van der Waals surface area contributed by atoms with E-state index in [9.17, 15) is 13.2 Å². The van der Waals surface area contributed by atoms with Crippen LogP contribution in [-0.2, 0) is 11.0 Å². The van der Waals surface area contributed by atoms with E-state index >= 15 is 0 Å². The van der Waals surface area contributed by atoms with Crippen LogP contribution >= 0.6 is 0 Å². The Labute approximate surface area is 129 Å². The molecule has 1 aromatic carbocycles. The van der Waals surface area contributed by atoms with Gasteiger partial charge in [-0.05, 0) is 38.7 Å². The first-order valence-electron chi connectivity index (χ1n) is 7.72. The van der Waals surface area contributed by atoms with E-state index in [1.54, 1.807) is 19.9 Å². The first kappa shape index (κ1) is 16.8. The average Bonchev–Trinajstić information content (AvgIpc) is 2.47. The summed E-state index contributed by atoms with van der Waals surface area (Å²) < 4.78 is 39.3. The quantitative estimate of drug-likeness (QED) is 0.543. The number of rotatable bonds is 4. The number of aryl methyl sites for hydroxylation is 1. The Hall–Kier alpha value is -1.52. The Morgan fingerprint density at radius 3 is 2.55 bits per heavy atom.